The van der Waals surface area contributed by atoms with Gasteiger partial charge in [0.25, 0.3) is 0 Å². The van der Waals surface area contributed by atoms with Crippen LogP contribution in [0.1, 0.15) is 24.1 Å². The Balaban J connectivity index is 1.45. The van der Waals surface area contributed by atoms with Gasteiger partial charge in [0.1, 0.15) is 22.7 Å². The number of halogens is 1. The highest BCUT2D eigenvalue weighted by molar-refractivity contribution is 5.93. The Bertz CT molecular complexity index is 1310. The maximum absolute atomic E-state index is 13.3. The summed E-state index contributed by atoms with van der Waals surface area (Å²) in [6, 6.07) is 13.2. The molecular formula is C24H22FN3O4. The number of rotatable bonds is 5. The van der Waals surface area contributed by atoms with E-state index in [2.05, 4.69) is 10.3 Å². The maximum Gasteiger partial charge on any atom is 0.336 e. The molecule has 1 aliphatic rings. The van der Waals surface area contributed by atoms with Gasteiger partial charge < -0.3 is 13.9 Å². The summed E-state index contributed by atoms with van der Waals surface area (Å²) in [4.78, 5) is 12.2. The third-order valence-corrected chi connectivity index (χ3v) is 6.01. The Morgan fingerprint density at radius 1 is 1.12 bits per heavy atom. The maximum atomic E-state index is 13.3. The first-order chi connectivity index (χ1) is 15.6. The first-order valence-electron chi connectivity index (χ1n) is 10.4. The van der Waals surface area contributed by atoms with Gasteiger partial charge in [-0.1, -0.05) is 29.5 Å². The van der Waals surface area contributed by atoms with Crippen LogP contribution in [0, 0.1) is 5.82 Å². The van der Waals surface area contributed by atoms with Crippen LogP contribution < -0.4 is 5.63 Å². The van der Waals surface area contributed by atoms with Crippen molar-refractivity contribution < 1.29 is 18.3 Å². The second kappa shape index (κ2) is 8.29. The number of ether oxygens (including phenoxy) is 2. The molecule has 0 atom stereocenters. The van der Waals surface area contributed by atoms with E-state index in [9.17, 15) is 9.18 Å². The summed E-state index contributed by atoms with van der Waals surface area (Å²) in [5.41, 5.74) is 2.68. The van der Waals surface area contributed by atoms with Crippen LogP contribution in [0.4, 0.5) is 4.39 Å². The first-order valence-corrected chi connectivity index (χ1v) is 10.4. The normalized spacial score (nSPS) is 15.8. The van der Waals surface area contributed by atoms with Crippen LogP contribution in [0.3, 0.4) is 0 Å². The van der Waals surface area contributed by atoms with Crippen molar-refractivity contribution in [2.75, 3.05) is 20.3 Å². The number of hydrogen-bond donors (Lipinski definition) is 0. The molecule has 1 saturated heterocycles. The zero-order chi connectivity index (χ0) is 22.1. The molecule has 0 radical (unpaired) electrons. The number of benzene rings is 2. The highest BCUT2D eigenvalue weighted by atomic mass is 19.1. The molecule has 0 amide bonds. The van der Waals surface area contributed by atoms with Crippen molar-refractivity contribution in [3.05, 3.63) is 82.2 Å². The Labute approximate surface area is 183 Å². The summed E-state index contributed by atoms with van der Waals surface area (Å²) < 4.78 is 31.8. The SMILES string of the molecule is COC1(c2cn(Cc3ccc4c(-c5ccc(F)cc5)cc(=O)oc4c3)nn2)CCOCC1. The standard InChI is InChI=1S/C24H22FN3O4/c1-30-24(8-10-31-11-9-24)22-15-28(27-26-22)14-16-2-7-19-20(13-23(29)32-21(19)12-16)17-3-5-18(25)6-4-17/h2-7,12-13,15H,8-11,14H2,1H3. The summed E-state index contributed by atoms with van der Waals surface area (Å²) in [6.07, 6.45) is 3.36. The predicted molar refractivity (Wildman–Crippen MR) is 116 cm³/mol. The Hall–Kier alpha value is -3.36. The smallest absolute Gasteiger partial charge is 0.336 e. The van der Waals surface area contributed by atoms with E-state index in [1.807, 2.05) is 24.4 Å². The van der Waals surface area contributed by atoms with Gasteiger partial charge in [-0.3, -0.25) is 0 Å². The Kier molecular flexibility index (Phi) is 5.32. The predicted octanol–water partition coefficient (Wildman–Crippen LogP) is 3.89. The fraction of sp³-hybridized carbons (Fsp3) is 0.292. The molecule has 2 aromatic heterocycles. The zero-order valence-electron chi connectivity index (χ0n) is 17.6. The summed E-state index contributed by atoms with van der Waals surface area (Å²) in [5, 5.41) is 9.39. The van der Waals surface area contributed by atoms with E-state index in [1.54, 1.807) is 23.9 Å². The zero-order valence-corrected chi connectivity index (χ0v) is 17.6. The van der Waals surface area contributed by atoms with E-state index in [-0.39, 0.29) is 5.82 Å². The quantitative estimate of drug-likeness (QED) is 0.443. The average molecular weight is 435 g/mol. The molecule has 32 heavy (non-hydrogen) atoms. The van der Waals surface area contributed by atoms with Gasteiger partial charge >= 0.3 is 5.63 Å². The average Bonchev–Trinajstić information content (AvgIpc) is 3.28. The van der Waals surface area contributed by atoms with Crippen molar-refractivity contribution in [3.8, 4) is 11.1 Å². The molecule has 0 spiro atoms. The minimum Gasteiger partial charge on any atom is -0.423 e. The van der Waals surface area contributed by atoms with Crippen LogP contribution in [0.15, 0.2) is 63.9 Å². The molecule has 164 valence electrons. The van der Waals surface area contributed by atoms with Crippen molar-refractivity contribution in [3.63, 3.8) is 0 Å². The Morgan fingerprint density at radius 2 is 1.91 bits per heavy atom. The first kappa shape index (κ1) is 20.5. The van der Waals surface area contributed by atoms with Gasteiger partial charge in [-0.05, 0) is 34.9 Å². The molecule has 3 heterocycles. The summed E-state index contributed by atoms with van der Waals surface area (Å²) in [5.74, 6) is -0.327. The topological polar surface area (TPSA) is 79.4 Å². The molecule has 0 aliphatic carbocycles. The van der Waals surface area contributed by atoms with E-state index in [0.717, 1.165) is 35.0 Å². The third kappa shape index (κ3) is 3.83. The van der Waals surface area contributed by atoms with Gasteiger partial charge in [-0.25, -0.2) is 13.9 Å². The fourth-order valence-electron chi connectivity index (χ4n) is 4.21. The molecule has 7 nitrogen and oxygen atoms in total. The molecular weight excluding hydrogens is 413 g/mol. The lowest BCUT2D eigenvalue weighted by Crippen LogP contribution is -2.36. The lowest BCUT2D eigenvalue weighted by molar-refractivity contribution is -0.0973. The molecule has 4 aromatic rings. The van der Waals surface area contributed by atoms with Gasteiger partial charge in [0, 0.05) is 44.6 Å². The molecule has 1 aliphatic heterocycles. The minimum atomic E-state index is -0.475. The van der Waals surface area contributed by atoms with Gasteiger partial charge in [-0.15, -0.1) is 5.10 Å². The number of fused-ring (bicyclic) bond motifs is 1. The van der Waals surface area contributed by atoms with E-state index in [0.29, 0.717) is 30.9 Å². The fourth-order valence-corrected chi connectivity index (χ4v) is 4.21. The molecule has 0 bridgehead atoms. The van der Waals surface area contributed by atoms with Crippen LogP contribution >= 0.6 is 0 Å². The Morgan fingerprint density at radius 3 is 2.66 bits per heavy atom. The van der Waals surface area contributed by atoms with Crippen LogP contribution in [0.2, 0.25) is 0 Å². The summed E-state index contributed by atoms with van der Waals surface area (Å²) in [7, 11) is 1.69. The van der Waals surface area contributed by atoms with Crippen molar-refractivity contribution in [2.24, 2.45) is 0 Å². The van der Waals surface area contributed by atoms with E-state index in [1.165, 1.54) is 18.2 Å². The van der Waals surface area contributed by atoms with Crippen LogP contribution in [0.5, 0.6) is 0 Å². The van der Waals surface area contributed by atoms with Crippen molar-refractivity contribution in [1.29, 1.82) is 0 Å². The molecule has 8 heteroatoms. The van der Waals surface area contributed by atoms with Gasteiger partial charge in [-0.2, -0.15) is 0 Å². The number of aromatic nitrogens is 3. The van der Waals surface area contributed by atoms with E-state index < -0.39 is 11.2 Å². The summed E-state index contributed by atoms with van der Waals surface area (Å²) >= 11 is 0. The third-order valence-electron chi connectivity index (χ3n) is 6.01. The van der Waals surface area contributed by atoms with E-state index >= 15 is 0 Å². The minimum absolute atomic E-state index is 0.327. The van der Waals surface area contributed by atoms with Crippen molar-refractivity contribution in [2.45, 2.75) is 25.0 Å². The van der Waals surface area contributed by atoms with Crippen molar-refractivity contribution in [1.82, 2.24) is 15.0 Å². The lowest BCUT2D eigenvalue weighted by atomic mass is 9.91. The molecule has 0 unspecified atom stereocenters. The second-order valence-corrected chi connectivity index (χ2v) is 7.93. The molecule has 0 N–H and O–H groups in total. The second-order valence-electron chi connectivity index (χ2n) is 7.93. The van der Waals surface area contributed by atoms with Gasteiger partial charge in [0.05, 0.1) is 12.7 Å². The van der Waals surface area contributed by atoms with Crippen LogP contribution in [0.25, 0.3) is 22.1 Å². The molecule has 5 rings (SSSR count). The molecule has 1 fully saturated rings. The monoisotopic (exact) mass is 435 g/mol. The van der Waals surface area contributed by atoms with Crippen LogP contribution in [-0.4, -0.2) is 35.3 Å². The van der Waals surface area contributed by atoms with Gasteiger partial charge in [0.2, 0.25) is 0 Å². The van der Waals surface area contributed by atoms with Gasteiger partial charge in [0.15, 0.2) is 0 Å². The molecule has 2 aromatic carbocycles. The number of methoxy groups -OCH3 is 1. The summed E-state index contributed by atoms with van der Waals surface area (Å²) in [6.45, 7) is 1.71. The number of hydrogen-bond acceptors (Lipinski definition) is 6. The highest BCUT2D eigenvalue weighted by Gasteiger charge is 2.37. The highest BCUT2D eigenvalue weighted by Crippen LogP contribution is 2.34. The number of nitrogens with zero attached hydrogens (tertiary/aromatic N) is 3. The van der Waals surface area contributed by atoms with Crippen LogP contribution in [-0.2, 0) is 21.6 Å². The lowest BCUT2D eigenvalue weighted by Gasteiger charge is -2.33. The largest absolute Gasteiger partial charge is 0.423 e. The van der Waals surface area contributed by atoms with E-state index in [4.69, 9.17) is 13.9 Å². The molecule has 0 saturated carbocycles. The van der Waals surface area contributed by atoms with Crippen molar-refractivity contribution >= 4 is 11.0 Å².